The first-order valence-electron chi connectivity index (χ1n) is 9.36. The van der Waals surface area contributed by atoms with Crippen molar-refractivity contribution < 1.29 is 28.7 Å². The molecule has 1 aromatic heterocycles. The van der Waals surface area contributed by atoms with E-state index in [4.69, 9.17) is 16.0 Å². The Kier molecular flexibility index (Phi) is 5.38. The first-order valence-corrected chi connectivity index (χ1v) is 9.73. The summed E-state index contributed by atoms with van der Waals surface area (Å²) in [6, 6.07) is 13.4. The number of rotatable bonds is 4. The molecule has 2 aromatic carbocycles. The van der Waals surface area contributed by atoms with Gasteiger partial charge in [-0.05, 0) is 61.0 Å². The van der Waals surface area contributed by atoms with Crippen molar-refractivity contribution in [3.63, 3.8) is 0 Å². The number of aryl methyl sites for hydroxylation is 1. The van der Waals surface area contributed by atoms with Crippen molar-refractivity contribution in [1.29, 1.82) is 0 Å². The number of carboxylic acids is 1. The number of imide groups is 2. The predicted octanol–water partition coefficient (Wildman–Crippen LogP) is 4.27. The van der Waals surface area contributed by atoms with E-state index in [2.05, 4.69) is 5.32 Å². The van der Waals surface area contributed by atoms with Crippen LogP contribution >= 0.6 is 11.6 Å². The van der Waals surface area contributed by atoms with Crippen molar-refractivity contribution in [2.24, 2.45) is 0 Å². The third-order valence-electron chi connectivity index (χ3n) is 4.76. The smallest absolute Gasteiger partial charge is 0.337 e. The maximum absolute atomic E-state index is 13.0. The number of aromatic carboxylic acids is 1. The molecule has 0 bridgehead atoms. The van der Waals surface area contributed by atoms with Gasteiger partial charge in [0.25, 0.3) is 11.8 Å². The summed E-state index contributed by atoms with van der Waals surface area (Å²) in [4.78, 5) is 49.8. The molecule has 32 heavy (non-hydrogen) atoms. The van der Waals surface area contributed by atoms with E-state index in [1.807, 2.05) is 13.0 Å². The van der Waals surface area contributed by atoms with Crippen LogP contribution in [0.3, 0.4) is 0 Å². The van der Waals surface area contributed by atoms with Gasteiger partial charge in [-0.3, -0.25) is 14.9 Å². The minimum Gasteiger partial charge on any atom is -0.478 e. The molecule has 0 spiro atoms. The minimum atomic E-state index is -1.18. The zero-order chi connectivity index (χ0) is 23.0. The Balaban J connectivity index is 1.68. The molecule has 3 aromatic rings. The predicted molar refractivity (Wildman–Crippen MR) is 116 cm³/mol. The number of hydrogen-bond donors (Lipinski definition) is 2. The SMILES string of the molecule is Cc1cccc(N2C(=O)NC(=O)C(=Cc3ccc(-c4ccc(Cl)c(C(=O)O)c4)o3)C2=O)c1. The van der Waals surface area contributed by atoms with E-state index in [0.717, 1.165) is 10.5 Å². The average Bonchev–Trinajstić information content (AvgIpc) is 3.20. The average molecular weight is 451 g/mol. The monoisotopic (exact) mass is 450 g/mol. The number of hydrogen-bond acceptors (Lipinski definition) is 5. The third-order valence-corrected chi connectivity index (χ3v) is 5.09. The van der Waals surface area contributed by atoms with Crippen LogP contribution in [-0.4, -0.2) is 28.9 Å². The lowest BCUT2D eigenvalue weighted by Gasteiger charge is -2.26. The van der Waals surface area contributed by atoms with E-state index >= 15 is 0 Å². The topological polar surface area (TPSA) is 117 Å². The number of carbonyl (C=O) groups is 4. The van der Waals surface area contributed by atoms with Crippen LogP contribution < -0.4 is 10.2 Å². The molecule has 0 atom stereocenters. The molecule has 0 unspecified atom stereocenters. The van der Waals surface area contributed by atoms with Crippen LogP contribution in [0.4, 0.5) is 10.5 Å². The fourth-order valence-electron chi connectivity index (χ4n) is 3.23. The molecule has 0 aliphatic carbocycles. The standard InChI is InChI=1S/C23H15ClN2O6/c1-12-3-2-4-14(9-12)26-21(28)17(20(27)25-23(26)31)11-15-6-8-19(32-15)13-5-7-18(24)16(10-13)22(29)30/h2-11H,1H3,(H,29,30)(H,25,27,31). The molecule has 8 nitrogen and oxygen atoms in total. The number of anilines is 1. The number of amides is 4. The highest BCUT2D eigenvalue weighted by molar-refractivity contribution is 6.39. The zero-order valence-electron chi connectivity index (χ0n) is 16.6. The summed E-state index contributed by atoms with van der Waals surface area (Å²) < 4.78 is 5.68. The van der Waals surface area contributed by atoms with Crippen molar-refractivity contribution >= 4 is 47.2 Å². The van der Waals surface area contributed by atoms with E-state index in [1.54, 1.807) is 30.3 Å². The van der Waals surface area contributed by atoms with Gasteiger partial charge in [0, 0.05) is 5.56 Å². The highest BCUT2D eigenvalue weighted by Crippen LogP contribution is 2.29. The summed E-state index contributed by atoms with van der Waals surface area (Å²) in [6.45, 7) is 1.81. The molecule has 4 rings (SSSR count). The van der Waals surface area contributed by atoms with Crippen LogP contribution in [0.25, 0.3) is 17.4 Å². The minimum absolute atomic E-state index is 0.0838. The lowest BCUT2D eigenvalue weighted by molar-refractivity contribution is -0.122. The molecule has 2 N–H and O–H groups in total. The van der Waals surface area contributed by atoms with Crippen molar-refractivity contribution in [3.05, 3.63) is 82.1 Å². The second-order valence-electron chi connectivity index (χ2n) is 7.00. The number of nitrogens with one attached hydrogen (secondary N) is 1. The number of urea groups is 1. The Labute approximate surface area is 186 Å². The van der Waals surface area contributed by atoms with E-state index in [1.165, 1.54) is 24.3 Å². The van der Waals surface area contributed by atoms with Crippen LogP contribution in [0.5, 0.6) is 0 Å². The Morgan fingerprint density at radius 3 is 2.59 bits per heavy atom. The fourth-order valence-corrected chi connectivity index (χ4v) is 3.43. The van der Waals surface area contributed by atoms with Gasteiger partial charge in [-0.2, -0.15) is 0 Å². The Morgan fingerprint density at radius 2 is 1.88 bits per heavy atom. The summed E-state index contributed by atoms with van der Waals surface area (Å²) >= 11 is 5.90. The Bertz CT molecular complexity index is 1320. The molecule has 160 valence electrons. The van der Waals surface area contributed by atoms with Gasteiger partial charge in [-0.25, -0.2) is 14.5 Å². The first kappa shape index (κ1) is 21.1. The Hall–Kier alpha value is -4.17. The van der Waals surface area contributed by atoms with E-state index in [-0.39, 0.29) is 21.9 Å². The Morgan fingerprint density at radius 1 is 1.09 bits per heavy atom. The number of carboxylic acid groups (broad SMARTS) is 1. The fraction of sp³-hybridized carbons (Fsp3) is 0.0435. The lowest BCUT2D eigenvalue weighted by Crippen LogP contribution is -2.54. The normalized spacial score (nSPS) is 15.2. The molecular weight excluding hydrogens is 436 g/mol. The van der Waals surface area contributed by atoms with Crippen LogP contribution in [-0.2, 0) is 9.59 Å². The van der Waals surface area contributed by atoms with Crippen molar-refractivity contribution in [2.75, 3.05) is 4.90 Å². The van der Waals surface area contributed by atoms with Crippen LogP contribution in [0.1, 0.15) is 21.7 Å². The van der Waals surface area contributed by atoms with Gasteiger partial charge >= 0.3 is 12.0 Å². The van der Waals surface area contributed by atoms with Gasteiger partial charge in [-0.15, -0.1) is 0 Å². The van der Waals surface area contributed by atoms with Gasteiger partial charge in [0.2, 0.25) is 0 Å². The van der Waals surface area contributed by atoms with Gasteiger partial charge in [0.1, 0.15) is 17.1 Å². The molecule has 4 amide bonds. The van der Waals surface area contributed by atoms with Crippen molar-refractivity contribution in [3.8, 4) is 11.3 Å². The summed E-state index contributed by atoms with van der Waals surface area (Å²) in [6.07, 6.45) is 1.23. The van der Waals surface area contributed by atoms with Crippen LogP contribution in [0.2, 0.25) is 5.02 Å². The second-order valence-corrected chi connectivity index (χ2v) is 7.41. The van der Waals surface area contributed by atoms with Crippen molar-refractivity contribution in [2.45, 2.75) is 6.92 Å². The maximum atomic E-state index is 13.0. The van der Waals surface area contributed by atoms with Gasteiger partial charge in [-0.1, -0.05) is 23.7 Å². The molecular formula is C23H15ClN2O6. The number of barbiturate groups is 1. The summed E-state index contributed by atoms with van der Waals surface area (Å²) in [5, 5.41) is 11.5. The molecule has 2 heterocycles. The molecule has 1 aliphatic heterocycles. The first-order chi connectivity index (χ1) is 15.2. The van der Waals surface area contributed by atoms with Crippen molar-refractivity contribution in [1.82, 2.24) is 5.32 Å². The van der Waals surface area contributed by atoms with Crippen LogP contribution in [0, 0.1) is 6.92 Å². The highest BCUT2D eigenvalue weighted by atomic mass is 35.5. The molecule has 0 saturated carbocycles. The highest BCUT2D eigenvalue weighted by Gasteiger charge is 2.37. The molecule has 1 saturated heterocycles. The summed E-state index contributed by atoms with van der Waals surface area (Å²) in [5.41, 5.74) is 1.25. The van der Waals surface area contributed by atoms with Gasteiger partial charge < -0.3 is 9.52 Å². The summed E-state index contributed by atoms with van der Waals surface area (Å²) in [7, 11) is 0. The maximum Gasteiger partial charge on any atom is 0.337 e. The van der Waals surface area contributed by atoms with Crippen LogP contribution in [0.15, 0.2) is 64.6 Å². The van der Waals surface area contributed by atoms with Gasteiger partial charge in [0.15, 0.2) is 0 Å². The van der Waals surface area contributed by atoms with E-state index < -0.39 is 23.8 Å². The quantitative estimate of drug-likeness (QED) is 0.452. The zero-order valence-corrected chi connectivity index (χ0v) is 17.3. The molecule has 1 fully saturated rings. The van der Waals surface area contributed by atoms with E-state index in [9.17, 15) is 24.3 Å². The third kappa shape index (κ3) is 3.91. The second kappa shape index (κ2) is 8.16. The number of carbonyl (C=O) groups excluding carboxylic acids is 3. The van der Waals surface area contributed by atoms with Gasteiger partial charge in [0.05, 0.1) is 16.3 Å². The molecule has 9 heteroatoms. The molecule has 1 aliphatic rings. The number of halogens is 1. The van der Waals surface area contributed by atoms with E-state index in [0.29, 0.717) is 17.0 Å². The number of benzene rings is 2. The summed E-state index contributed by atoms with van der Waals surface area (Å²) in [5.74, 6) is -2.34. The largest absolute Gasteiger partial charge is 0.478 e. The molecule has 0 radical (unpaired) electrons. The number of nitrogens with zero attached hydrogens (tertiary/aromatic N) is 1. The lowest BCUT2D eigenvalue weighted by atomic mass is 10.1. The number of furan rings is 1.